The average molecular weight is 403 g/mol. The summed E-state index contributed by atoms with van der Waals surface area (Å²) in [6.07, 6.45) is 0. The minimum absolute atomic E-state index is 1.34. The van der Waals surface area contributed by atoms with Gasteiger partial charge in [0.25, 0.3) is 0 Å². The third kappa shape index (κ3) is 2.92. The fourth-order valence-electron chi connectivity index (χ4n) is 2.98. The second-order valence-corrected chi connectivity index (χ2v) is 11.7. The topological polar surface area (TPSA) is 0 Å². The molecule has 1 heteroatoms. The molecule has 0 unspecified atom stereocenters. The molecule has 0 fully saturated rings. The van der Waals surface area contributed by atoms with E-state index in [0.29, 0.717) is 0 Å². The van der Waals surface area contributed by atoms with Crippen LogP contribution in [0.25, 0.3) is 10.8 Å². The van der Waals surface area contributed by atoms with E-state index in [1.54, 1.807) is 3.51 Å². The van der Waals surface area contributed by atoms with E-state index in [2.05, 4.69) is 103 Å². The van der Waals surface area contributed by atoms with Crippen molar-refractivity contribution in [1.29, 1.82) is 0 Å². The zero-order valence-corrected chi connectivity index (χ0v) is 15.3. The van der Waals surface area contributed by atoms with Crippen molar-refractivity contribution in [1.82, 2.24) is 0 Å². The van der Waals surface area contributed by atoms with E-state index >= 15 is 0 Å². The first kappa shape index (κ1) is 14.5. The van der Waals surface area contributed by atoms with Crippen LogP contribution in [-0.4, -0.2) is 20.2 Å². The van der Waals surface area contributed by atoms with Gasteiger partial charge >= 0.3 is 145 Å². The van der Waals surface area contributed by atoms with Gasteiger partial charge in [0.2, 0.25) is 0 Å². The Bertz CT molecular complexity index is 869. The van der Waals surface area contributed by atoms with E-state index < -0.39 is 20.2 Å². The summed E-state index contributed by atoms with van der Waals surface area (Å²) >= 11 is -2.01. The van der Waals surface area contributed by atoms with E-state index in [4.69, 9.17) is 0 Å². The second-order valence-electron chi connectivity index (χ2n) is 5.50. The predicted octanol–water partition coefficient (Wildman–Crippen LogP) is 3.36. The molecule has 0 aliphatic heterocycles. The summed E-state index contributed by atoms with van der Waals surface area (Å²) in [5, 5.41) is 2.75. The van der Waals surface area contributed by atoms with E-state index in [1.807, 2.05) is 0 Å². The Morgan fingerprint density at radius 3 is 1.61 bits per heavy atom. The van der Waals surface area contributed by atoms with Crippen molar-refractivity contribution in [3.05, 3.63) is 103 Å². The molecule has 110 valence electrons. The molecule has 0 spiro atoms. The van der Waals surface area contributed by atoms with E-state index in [-0.39, 0.29) is 0 Å². The zero-order chi connectivity index (χ0) is 15.5. The van der Waals surface area contributed by atoms with Gasteiger partial charge in [-0.1, -0.05) is 0 Å². The molecule has 4 aromatic carbocycles. The van der Waals surface area contributed by atoms with Gasteiger partial charge in [-0.2, -0.15) is 0 Å². The number of hydrogen-bond acceptors (Lipinski definition) is 0. The van der Waals surface area contributed by atoms with Gasteiger partial charge in [-0.25, -0.2) is 0 Å². The van der Waals surface area contributed by atoms with Gasteiger partial charge in [-0.05, 0) is 0 Å². The van der Waals surface area contributed by atoms with Gasteiger partial charge in [0, 0.05) is 0 Å². The SMILES string of the molecule is c1cc[c]([Sb]([c]2ccccc2)[c]2cccc3ccccc23)cc1. The van der Waals surface area contributed by atoms with Gasteiger partial charge in [0.1, 0.15) is 0 Å². The molecular weight excluding hydrogens is 386 g/mol. The molecule has 0 heterocycles. The number of rotatable bonds is 3. The van der Waals surface area contributed by atoms with E-state index in [1.165, 1.54) is 17.8 Å². The first-order chi connectivity index (χ1) is 11.4. The van der Waals surface area contributed by atoms with Crippen LogP contribution in [0.1, 0.15) is 0 Å². The van der Waals surface area contributed by atoms with Crippen LogP contribution >= 0.6 is 0 Å². The first-order valence-corrected chi connectivity index (χ1v) is 11.6. The minimum atomic E-state index is -2.01. The maximum absolute atomic E-state index is 2.34. The van der Waals surface area contributed by atoms with Crippen LogP contribution in [0.2, 0.25) is 0 Å². The zero-order valence-electron chi connectivity index (χ0n) is 12.8. The summed E-state index contributed by atoms with van der Waals surface area (Å²) in [7, 11) is 0. The van der Waals surface area contributed by atoms with Gasteiger partial charge in [-0.3, -0.25) is 0 Å². The molecule has 4 aromatic rings. The van der Waals surface area contributed by atoms with Crippen molar-refractivity contribution in [3.8, 4) is 0 Å². The summed E-state index contributed by atoms with van der Waals surface area (Å²) in [4.78, 5) is 0. The molecule has 0 aromatic heterocycles. The van der Waals surface area contributed by atoms with E-state index in [0.717, 1.165) is 0 Å². The monoisotopic (exact) mass is 402 g/mol. The van der Waals surface area contributed by atoms with Crippen LogP contribution in [0, 0.1) is 0 Å². The fraction of sp³-hybridized carbons (Fsp3) is 0. The van der Waals surface area contributed by atoms with Crippen LogP contribution in [0.5, 0.6) is 0 Å². The summed E-state index contributed by atoms with van der Waals surface area (Å²) < 4.78 is 4.57. The van der Waals surface area contributed by atoms with Crippen LogP contribution < -0.4 is 10.5 Å². The normalized spacial score (nSPS) is 11.0. The third-order valence-corrected chi connectivity index (χ3v) is 11.2. The summed E-state index contributed by atoms with van der Waals surface area (Å²) in [6.45, 7) is 0. The standard InChI is InChI=1S/C10H7.2C6H5.Sb/c1-2-6-10-8-4-3-7-9(10)5-1;2*1-2-4-6-5-3-1;/h1-7H;2*1-5H;. The molecule has 0 atom stereocenters. The summed E-state index contributed by atoms with van der Waals surface area (Å²) in [5.74, 6) is 0. The van der Waals surface area contributed by atoms with Crippen LogP contribution in [0.15, 0.2) is 103 Å². The van der Waals surface area contributed by atoms with Crippen molar-refractivity contribution in [2.45, 2.75) is 0 Å². The molecule has 0 radical (unpaired) electrons. The first-order valence-electron chi connectivity index (χ1n) is 7.81. The molecule has 0 aliphatic carbocycles. The molecule has 0 amide bonds. The van der Waals surface area contributed by atoms with Gasteiger partial charge in [0.15, 0.2) is 0 Å². The van der Waals surface area contributed by atoms with Gasteiger partial charge in [-0.15, -0.1) is 0 Å². The summed E-state index contributed by atoms with van der Waals surface area (Å²) in [5.41, 5.74) is 0. The maximum atomic E-state index is 2.34. The van der Waals surface area contributed by atoms with Gasteiger partial charge in [0.05, 0.1) is 0 Å². The molecule has 0 N–H and O–H groups in total. The Morgan fingerprint density at radius 1 is 0.435 bits per heavy atom. The molecule has 0 aliphatic rings. The Hall–Kier alpha value is -2.04. The van der Waals surface area contributed by atoms with E-state index in [9.17, 15) is 0 Å². The second kappa shape index (κ2) is 6.60. The van der Waals surface area contributed by atoms with Crippen LogP contribution in [-0.2, 0) is 0 Å². The number of benzene rings is 4. The third-order valence-electron chi connectivity index (χ3n) is 4.04. The quantitative estimate of drug-likeness (QED) is 0.461. The Kier molecular flexibility index (Phi) is 4.18. The average Bonchev–Trinajstić information content (AvgIpc) is 2.64. The van der Waals surface area contributed by atoms with Crippen molar-refractivity contribution in [3.63, 3.8) is 0 Å². The van der Waals surface area contributed by atoms with Crippen LogP contribution in [0.4, 0.5) is 0 Å². The molecular formula is C22H17Sb. The van der Waals surface area contributed by atoms with Crippen LogP contribution in [0.3, 0.4) is 0 Å². The molecule has 0 bridgehead atoms. The molecule has 4 rings (SSSR count). The van der Waals surface area contributed by atoms with Crippen molar-refractivity contribution < 1.29 is 0 Å². The summed E-state index contributed by atoms with van der Waals surface area (Å²) in [6, 6.07) is 37.6. The Labute approximate surface area is 144 Å². The predicted molar refractivity (Wildman–Crippen MR) is 101 cm³/mol. The molecule has 0 nitrogen and oxygen atoms in total. The van der Waals surface area contributed by atoms with Crippen molar-refractivity contribution >= 4 is 41.5 Å². The molecule has 0 saturated heterocycles. The Balaban J connectivity index is 1.98. The molecule has 0 saturated carbocycles. The van der Waals surface area contributed by atoms with Crippen molar-refractivity contribution in [2.24, 2.45) is 0 Å². The number of hydrogen-bond donors (Lipinski definition) is 0. The Morgan fingerprint density at radius 2 is 0.957 bits per heavy atom. The van der Waals surface area contributed by atoms with Gasteiger partial charge < -0.3 is 0 Å². The van der Waals surface area contributed by atoms with Crippen molar-refractivity contribution in [2.75, 3.05) is 0 Å². The number of fused-ring (bicyclic) bond motifs is 1. The molecule has 23 heavy (non-hydrogen) atoms. The fourth-order valence-corrected chi connectivity index (χ4v) is 10.0.